The van der Waals surface area contributed by atoms with Crippen molar-refractivity contribution < 1.29 is 9.53 Å². The van der Waals surface area contributed by atoms with Crippen LogP contribution < -0.4 is 4.74 Å². The lowest BCUT2D eigenvalue weighted by Gasteiger charge is -2.36. The molecule has 0 spiro atoms. The second kappa shape index (κ2) is 7.66. The van der Waals surface area contributed by atoms with E-state index >= 15 is 0 Å². The maximum Gasteiger partial charge on any atom is 0.260 e. The number of rotatable bonds is 6. The number of ether oxygens (including phenoxy) is 1. The van der Waals surface area contributed by atoms with Crippen LogP contribution in [0.15, 0.2) is 6.20 Å². The van der Waals surface area contributed by atoms with Gasteiger partial charge in [-0.25, -0.2) is 4.98 Å². The molecule has 1 aromatic heterocycles. The summed E-state index contributed by atoms with van der Waals surface area (Å²) in [6.45, 7) is 5.21. The quantitative estimate of drug-likeness (QED) is 0.734. The van der Waals surface area contributed by atoms with Crippen LogP contribution in [0.2, 0.25) is 5.28 Å². The van der Waals surface area contributed by atoms with Gasteiger partial charge < -0.3 is 14.5 Å². The molecule has 0 radical (unpaired) electrons. The highest BCUT2D eigenvalue weighted by Gasteiger charge is 2.29. The van der Waals surface area contributed by atoms with Crippen LogP contribution in [0.1, 0.15) is 31.2 Å². The van der Waals surface area contributed by atoms with Gasteiger partial charge in [-0.05, 0) is 50.1 Å². The molecule has 1 aliphatic carbocycles. The minimum absolute atomic E-state index is 0.0209. The summed E-state index contributed by atoms with van der Waals surface area (Å²) in [5.74, 6) is 1.28. The van der Waals surface area contributed by atoms with E-state index in [9.17, 15) is 4.79 Å². The van der Waals surface area contributed by atoms with E-state index in [0.717, 1.165) is 37.4 Å². The number of aryl methyl sites for hydroxylation is 1. The van der Waals surface area contributed by atoms with Crippen molar-refractivity contribution in [2.24, 2.45) is 5.92 Å². The Morgan fingerprint density at radius 1 is 1.38 bits per heavy atom. The Labute approximate surface area is 148 Å². The first-order valence-electron chi connectivity index (χ1n) is 8.63. The van der Waals surface area contributed by atoms with E-state index < -0.39 is 0 Å². The first kappa shape index (κ1) is 17.4. The third-order valence-electron chi connectivity index (χ3n) is 4.94. The second-order valence-corrected chi connectivity index (χ2v) is 7.23. The molecule has 0 N–H and O–H groups in total. The van der Waals surface area contributed by atoms with Gasteiger partial charge in [0.25, 0.3) is 5.91 Å². The molecule has 0 unspecified atom stereocenters. The van der Waals surface area contributed by atoms with Crippen molar-refractivity contribution in [3.05, 3.63) is 17.0 Å². The number of carbonyl (C=O) groups excluding carboxylic acids is 1. The zero-order valence-corrected chi connectivity index (χ0v) is 15.1. The molecular weight excluding hydrogens is 328 g/mol. The predicted molar refractivity (Wildman–Crippen MR) is 92.2 cm³/mol. The first-order chi connectivity index (χ1) is 11.5. The van der Waals surface area contributed by atoms with Crippen molar-refractivity contribution in [1.29, 1.82) is 0 Å². The van der Waals surface area contributed by atoms with Gasteiger partial charge in [-0.2, -0.15) is 4.98 Å². The highest BCUT2D eigenvalue weighted by atomic mass is 35.5. The molecule has 132 valence electrons. The zero-order chi connectivity index (χ0) is 17.1. The van der Waals surface area contributed by atoms with E-state index in [2.05, 4.69) is 14.9 Å². The number of hydrogen-bond acceptors (Lipinski definition) is 5. The SMILES string of the molecule is Cc1cnc(Cl)nc1OCC(=O)N(C)C1CCN(CC2CC2)CC1. The van der Waals surface area contributed by atoms with Crippen LogP contribution in [-0.4, -0.2) is 65.0 Å². The minimum Gasteiger partial charge on any atom is -0.467 e. The summed E-state index contributed by atoms with van der Waals surface area (Å²) in [5, 5.41) is 0.124. The largest absolute Gasteiger partial charge is 0.467 e. The van der Waals surface area contributed by atoms with E-state index in [1.54, 1.807) is 6.20 Å². The molecule has 1 aromatic rings. The van der Waals surface area contributed by atoms with Crippen molar-refractivity contribution in [1.82, 2.24) is 19.8 Å². The molecule has 0 bridgehead atoms. The van der Waals surface area contributed by atoms with E-state index in [0.29, 0.717) is 11.9 Å². The summed E-state index contributed by atoms with van der Waals surface area (Å²) in [5.41, 5.74) is 0.767. The average Bonchev–Trinajstić information content (AvgIpc) is 3.39. The molecule has 2 aliphatic rings. The fourth-order valence-electron chi connectivity index (χ4n) is 3.14. The molecule has 2 fully saturated rings. The second-order valence-electron chi connectivity index (χ2n) is 6.90. The number of nitrogens with zero attached hydrogens (tertiary/aromatic N) is 4. The van der Waals surface area contributed by atoms with Gasteiger partial charge in [0, 0.05) is 44.5 Å². The Morgan fingerprint density at radius 3 is 2.75 bits per heavy atom. The van der Waals surface area contributed by atoms with Gasteiger partial charge in [-0.3, -0.25) is 4.79 Å². The van der Waals surface area contributed by atoms with Gasteiger partial charge in [0.05, 0.1) is 0 Å². The normalized spacial score (nSPS) is 19.3. The maximum absolute atomic E-state index is 12.4. The van der Waals surface area contributed by atoms with Gasteiger partial charge in [-0.1, -0.05) is 0 Å². The molecular formula is C17H25ClN4O2. The van der Waals surface area contributed by atoms with Gasteiger partial charge >= 0.3 is 0 Å². The number of carbonyl (C=O) groups is 1. The summed E-state index contributed by atoms with van der Waals surface area (Å²) in [6.07, 6.45) is 6.44. The van der Waals surface area contributed by atoms with Crippen LogP contribution >= 0.6 is 11.6 Å². The molecule has 1 saturated carbocycles. The van der Waals surface area contributed by atoms with Crippen LogP contribution in [0.3, 0.4) is 0 Å². The van der Waals surface area contributed by atoms with Crippen molar-refractivity contribution in [3.8, 4) is 5.88 Å². The maximum atomic E-state index is 12.4. The highest BCUT2D eigenvalue weighted by molar-refractivity contribution is 6.28. The zero-order valence-electron chi connectivity index (χ0n) is 14.4. The molecule has 24 heavy (non-hydrogen) atoms. The fraction of sp³-hybridized carbons (Fsp3) is 0.706. The number of likely N-dealkylation sites (tertiary alicyclic amines) is 1. The number of piperidine rings is 1. The van der Waals surface area contributed by atoms with Crippen LogP contribution in [0, 0.1) is 12.8 Å². The molecule has 1 aliphatic heterocycles. The molecule has 7 heteroatoms. The number of amides is 1. The lowest BCUT2D eigenvalue weighted by molar-refractivity contribution is -0.135. The van der Waals surface area contributed by atoms with E-state index in [1.165, 1.54) is 19.4 Å². The Balaban J connectivity index is 1.45. The van der Waals surface area contributed by atoms with Crippen LogP contribution in [0.5, 0.6) is 5.88 Å². The number of halogens is 1. The standard InChI is InChI=1S/C17H25ClN4O2/c1-12-9-19-17(18)20-16(12)24-11-15(23)21(2)14-5-7-22(8-6-14)10-13-3-4-13/h9,13-14H,3-8,10-11H2,1-2H3. The van der Waals surface area contributed by atoms with E-state index in [4.69, 9.17) is 16.3 Å². The van der Waals surface area contributed by atoms with Gasteiger partial charge in [0.1, 0.15) is 0 Å². The molecule has 6 nitrogen and oxygen atoms in total. The van der Waals surface area contributed by atoms with Crippen molar-refractivity contribution >= 4 is 17.5 Å². The van der Waals surface area contributed by atoms with Gasteiger partial charge in [0.15, 0.2) is 6.61 Å². The van der Waals surface area contributed by atoms with Crippen LogP contribution in [0.25, 0.3) is 0 Å². The van der Waals surface area contributed by atoms with E-state index in [-0.39, 0.29) is 17.8 Å². The smallest absolute Gasteiger partial charge is 0.260 e. The molecule has 2 heterocycles. The summed E-state index contributed by atoms with van der Waals surface area (Å²) < 4.78 is 5.54. The Hall–Kier alpha value is -1.40. The van der Waals surface area contributed by atoms with Gasteiger partial charge in [0.2, 0.25) is 11.2 Å². The Morgan fingerprint density at radius 2 is 2.08 bits per heavy atom. The van der Waals surface area contributed by atoms with E-state index in [1.807, 2.05) is 18.9 Å². The summed E-state index contributed by atoms with van der Waals surface area (Å²) in [7, 11) is 1.87. The molecule has 3 rings (SSSR count). The minimum atomic E-state index is -0.0234. The summed E-state index contributed by atoms with van der Waals surface area (Å²) in [4.78, 5) is 24.7. The van der Waals surface area contributed by atoms with Crippen LogP contribution in [-0.2, 0) is 4.79 Å². The highest BCUT2D eigenvalue weighted by Crippen LogP contribution is 2.30. The molecule has 0 aromatic carbocycles. The number of likely N-dealkylation sites (N-methyl/N-ethyl adjacent to an activating group) is 1. The van der Waals surface area contributed by atoms with Gasteiger partial charge in [-0.15, -0.1) is 0 Å². The van der Waals surface area contributed by atoms with Crippen molar-refractivity contribution in [2.75, 3.05) is 33.3 Å². The Kier molecular flexibility index (Phi) is 5.56. The lowest BCUT2D eigenvalue weighted by Crippen LogP contribution is -2.47. The summed E-state index contributed by atoms with van der Waals surface area (Å²) in [6, 6.07) is 0.298. The number of aromatic nitrogens is 2. The van der Waals surface area contributed by atoms with Crippen molar-refractivity contribution in [3.63, 3.8) is 0 Å². The topological polar surface area (TPSA) is 58.6 Å². The third kappa shape index (κ3) is 4.57. The summed E-state index contributed by atoms with van der Waals surface area (Å²) >= 11 is 5.77. The monoisotopic (exact) mass is 352 g/mol. The average molecular weight is 353 g/mol. The third-order valence-corrected chi connectivity index (χ3v) is 5.12. The molecule has 1 saturated heterocycles. The predicted octanol–water partition coefficient (Wildman–Crippen LogP) is 2.15. The fourth-order valence-corrected chi connectivity index (χ4v) is 3.27. The molecule has 1 amide bonds. The lowest BCUT2D eigenvalue weighted by atomic mass is 10.0. The van der Waals surface area contributed by atoms with Crippen LogP contribution in [0.4, 0.5) is 0 Å². The number of hydrogen-bond donors (Lipinski definition) is 0. The first-order valence-corrected chi connectivity index (χ1v) is 9.00. The Bertz CT molecular complexity index is 586. The van der Waals surface area contributed by atoms with Crippen molar-refractivity contribution in [2.45, 2.75) is 38.6 Å². The molecule has 0 atom stereocenters.